The van der Waals surface area contributed by atoms with Crippen LogP contribution in [0.5, 0.6) is 0 Å². The minimum Gasteiger partial charge on any atom is -0.384 e. The molecule has 1 rings (SSSR count). The molecule has 0 bridgehead atoms. The topological polar surface area (TPSA) is 51.8 Å². The number of hydrogen-bond acceptors (Lipinski definition) is 4. The lowest BCUT2D eigenvalue weighted by molar-refractivity contribution is 0.540. The maximum Gasteiger partial charge on any atom is 0.137 e. The van der Waals surface area contributed by atoms with Gasteiger partial charge in [-0.2, -0.15) is 0 Å². The predicted molar refractivity (Wildman–Crippen MR) is 70.8 cm³/mol. The number of unbranched alkanes of at least 4 members (excludes halogenated alkanes) is 1. The van der Waals surface area contributed by atoms with Crippen LogP contribution in [0.4, 0.5) is 5.82 Å². The Morgan fingerprint density at radius 2 is 2.00 bits per heavy atom. The average molecular weight is 239 g/mol. The van der Waals surface area contributed by atoms with Crippen LogP contribution in [0.3, 0.4) is 0 Å². The second-order valence-corrected chi connectivity index (χ2v) is 6.02. The summed E-state index contributed by atoms with van der Waals surface area (Å²) in [7, 11) is 0. The lowest BCUT2D eigenvalue weighted by Gasteiger charge is -2.17. The number of rotatable bonds is 4. The third-order valence-corrected chi connectivity index (χ3v) is 3.14. The number of hydrogen-bond donors (Lipinski definition) is 1. The van der Waals surface area contributed by atoms with Crippen molar-refractivity contribution in [2.45, 2.75) is 51.0 Å². The van der Waals surface area contributed by atoms with Crippen molar-refractivity contribution in [1.29, 1.82) is 0 Å². The van der Waals surface area contributed by atoms with E-state index in [1.807, 2.05) is 6.07 Å². The maximum atomic E-state index is 5.80. The summed E-state index contributed by atoms with van der Waals surface area (Å²) >= 11 is 1.76. The van der Waals surface area contributed by atoms with E-state index in [1.54, 1.807) is 11.8 Å². The monoisotopic (exact) mass is 239 g/mol. The molecule has 1 aromatic rings. The maximum absolute atomic E-state index is 5.80. The number of anilines is 1. The van der Waals surface area contributed by atoms with E-state index in [9.17, 15) is 0 Å². The highest BCUT2D eigenvalue weighted by molar-refractivity contribution is 7.99. The molecule has 0 saturated heterocycles. The Bertz CT molecular complexity index is 345. The van der Waals surface area contributed by atoms with Crippen molar-refractivity contribution in [1.82, 2.24) is 9.97 Å². The van der Waals surface area contributed by atoms with Crippen LogP contribution in [-0.2, 0) is 5.41 Å². The van der Waals surface area contributed by atoms with E-state index in [0.29, 0.717) is 5.82 Å². The number of nitrogens with zero attached hydrogens (tertiary/aromatic N) is 2. The van der Waals surface area contributed by atoms with Gasteiger partial charge in [0.2, 0.25) is 0 Å². The standard InChI is InChI=1S/C12H21N3S/c1-5-6-7-16-10-8-9(13)14-11(15-10)12(2,3)4/h8H,5-7H2,1-4H3,(H2,13,14,15). The highest BCUT2D eigenvalue weighted by Crippen LogP contribution is 2.24. The first-order chi connectivity index (χ1) is 7.43. The van der Waals surface area contributed by atoms with Crippen molar-refractivity contribution >= 4 is 17.6 Å². The van der Waals surface area contributed by atoms with E-state index < -0.39 is 0 Å². The third kappa shape index (κ3) is 4.00. The molecule has 0 spiro atoms. The first-order valence-electron chi connectivity index (χ1n) is 5.71. The Balaban J connectivity index is 2.82. The Hall–Kier alpha value is -0.770. The van der Waals surface area contributed by atoms with Gasteiger partial charge in [0, 0.05) is 11.5 Å². The molecular weight excluding hydrogens is 218 g/mol. The lowest BCUT2D eigenvalue weighted by atomic mass is 9.96. The summed E-state index contributed by atoms with van der Waals surface area (Å²) < 4.78 is 0. The fraction of sp³-hybridized carbons (Fsp3) is 0.667. The first-order valence-corrected chi connectivity index (χ1v) is 6.70. The van der Waals surface area contributed by atoms with E-state index in [4.69, 9.17) is 5.73 Å². The van der Waals surface area contributed by atoms with Crippen molar-refractivity contribution in [2.75, 3.05) is 11.5 Å². The van der Waals surface area contributed by atoms with Gasteiger partial charge in [-0.3, -0.25) is 0 Å². The minimum atomic E-state index is -0.0462. The zero-order chi connectivity index (χ0) is 12.2. The smallest absolute Gasteiger partial charge is 0.137 e. The molecule has 1 aromatic heterocycles. The zero-order valence-corrected chi connectivity index (χ0v) is 11.4. The van der Waals surface area contributed by atoms with E-state index in [0.717, 1.165) is 16.6 Å². The molecule has 0 aliphatic carbocycles. The van der Waals surface area contributed by atoms with E-state index in [-0.39, 0.29) is 5.41 Å². The predicted octanol–water partition coefficient (Wildman–Crippen LogP) is 3.25. The molecule has 16 heavy (non-hydrogen) atoms. The molecule has 0 aromatic carbocycles. The van der Waals surface area contributed by atoms with Crippen molar-refractivity contribution in [3.63, 3.8) is 0 Å². The van der Waals surface area contributed by atoms with Crippen molar-refractivity contribution in [3.05, 3.63) is 11.9 Å². The van der Waals surface area contributed by atoms with Gasteiger partial charge in [0.15, 0.2) is 0 Å². The molecule has 1 heterocycles. The van der Waals surface area contributed by atoms with Crippen LogP contribution in [0.15, 0.2) is 11.1 Å². The Kier molecular flexibility index (Phi) is 4.59. The molecule has 0 radical (unpaired) electrons. The molecule has 90 valence electrons. The highest BCUT2D eigenvalue weighted by atomic mass is 32.2. The lowest BCUT2D eigenvalue weighted by Crippen LogP contribution is -2.17. The second kappa shape index (κ2) is 5.53. The first kappa shape index (κ1) is 13.3. The van der Waals surface area contributed by atoms with Crippen LogP contribution in [0, 0.1) is 0 Å². The number of nitrogens with two attached hydrogens (primary N) is 1. The van der Waals surface area contributed by atoms with Crippen LogP contribution >= 0.6 is 11.8 Å². The van der Waals surface area contributed by atoms with Gasteiger partial charge in [0.1, 0.15) is 16.7 Å². The van der Waals surface area contributed by atoms with Gasteiger partial charge in [0.25, 0.3) is 0 Å². The second-order valence-electron chi connectivity index (χ2n) is 4.91. The zero-order valence-electron chi connectivity index (χ0n) is 10.6. The van der Waals surface area contributed by atoms with Gasteiger partial charge in [-0.15, -0.1) is 11.8 Å². The van der Waals surface area contributed by atoms with Gasteiger partial charge < -0.3 is 5.73 Å². The Morgan fingerprint density at radius 3 is 2.56 bits per heavy atom. The molecule has 2 N–H and O–H groups in total. The van der Waals surface area contributed by atoms with Gasteiger partial charge in [-0.05, 0) is 12.2 Å². The summed E-state index contributed by atoms with van der Waals surface area (Å²) in [6.45, 7) is 8.49. The van der Waals surface area contributed by atoms with E-state index in [2.05, 4.69) is 37.7 Å². The van der Waals surface area contributed by atoms with Crippen LogP contribution in [0.25, 0.3) is 0 Å². The largest absolute Gasteiger partial charge is 0.384 e. The summed E-state index contributed by atoms with van der Waals surface area (Å²) in [5, 5.41) is 0.992. The van der Waals surface area contributed by atoms with Crippen molar-refractivity contribution in [2.24, 2.45) is 0 Å². The molecule has 0 aliphatic heterocycles. The number of aromatic nitrogens is 2. The molecule has 0 saturated carbocycles. The molecule has 0 atom stereocenters. The summed E-state index contributed by atoms with van der Waals surface area (Å²) in [6, 6.07) is 1.86. The third-order valence-electron chi connectivity index (χ3n) is 2.14. The fourth-order valence-electron chi connectivity index (χ4n) is 1.17. The number of nitrogen functional groups attached to an aromatic ring is 1. The SMILES string of the molecule is CCCCSc1cc(N)nc(C(C)(C)C)n1. The normalized spacial score (nSPS) is 11.8. The molecule has 0 fully saturated rings. The quantitative estimate of drug-likeness (QED) is 0.498. The number of thioether (sulfide) groups is 1. The van der Waals surface area contributed by atoms with Gasteiger partial charge in [-0.1, -0.05) is 34.1 Å². The molecule has 4 heteroatoms. The van der Waals surface area contributed by atoms with Crippen molar-refractivity contribution < 1.29 is 0 Å². The molecule has 3 nitrogen and oxygen atoms in total. The summed E-state index contributed by atoms with van der Waals surface area (Å²) in [4.78, 5) is 8.84. The van der Waals surface area contributed by atoms with Crippen LogP contribution in [0.1, 0.15) is 46.4 Å². The summed E-state index contributed by atoms with van der Waals surface area (Å²) in [5.41, 5.74) is 5.75. The van der Waals surface area contributed by atoms with Crippen LogP contribution in [-0.4, -0.2) is 15.7 Å². The molecule has 0 amide bonds. The van der Waals surface area contributed by atoms with Gasteiger partial charge in [0.05, 0.1) is 0 Å². The Labute approximate surface area is 102 Å². The van der Waals surface area contributed by atoms with Gasteiger partial charge in [-0.25, -0.2) is 9.97 Å². The highest BCUT2D eigenvalue weighted by Gasteiger charge is 2.18. The van der Waals surface area contributed by atoms with Crippen molar-refractivity contribution in [3.8, 4) is 0 Å². The Morgan fingerprint density at radius 1 is 1.31 bits per heavy atom. The molecule has 0 aliphatic rings. The van der Waals surface area contributed by atoms with Crippen LogP contribution in [0.2, 0.25) is 0 Å². The van der Waals surface area contributed by atoms with Crippen LogP contribution < -0.4 is 5.73 Å². The minimum absolute atomic E-state index is 0.0462. The molecule has 0 unspecified atom stereocenters. The van der Waals surface area contributed by atoms with E-state index in [1.165, 1.54) is 12.8 Å². The summed E-state index contributed by atoms with van der Waals surface area (Å²) in [5.74, 6) is 2.49. The fourth-order valence-corrected chi connectivity index (χ4v) is 2.17. The van der Waals surface area contributed by atoms with E-state index >= 15 is 0 Å². The summed E-state index contributed by atoms with van der Waals surface area (Å²) in [6.07, 6.45) is 2.42. The molecular formula is C12H21N3S. The van der Waals surface area contributed by atoms with Gasteiger partial charge >= 0.3 is 0 Å². The average Bonchev–Trinajstić information content (AvgIpc) is 2.16.